The lowest BCUT2D eigenvalue weighted by Gasteiger charge is -2.21. The van der Waals surface area contributed by atoms with Gasteiger partial charge in [0.05, 0.1) is 26.4 Å². The number of aliphatic hydroxyl groups is 2. The van der Waals surface area contributed by atoms with Crippen molar-refractivity contribution in [2.75, 3.05) is 39.6 Å². The monoisotopic (exact) mass is 1320 g/mol. The molecule has 0 spiro atoms. The van der Waals surface area contributed by atoms with Gasteiger partial charge in [-0.05, 0) is 116 Å². The number of ether oxygens (including phenoxy) is 3. The topological polar surface area (TPSA) is 231 Å². The van der Waals surface area contributed by atoms with Gasteiger partial charge in [0.2, 0.25) is 0 Å². The lowest BCUT2D eigenvalue weighted by atomic mass is 10.0. The summed E-state index contributed by atoms with van der Waals surface area (Å²) in [6.07, 6.45) is 74.5. The minimum atomic E-state index is -4.92. The van der Waals surface area contributed by atoms with E-state index in [1.54, 1.807) is 0 Å². The molecule has 0 radical (unpaired) electrons. The summed E-state index contributed by atoms with van der Waals surface area (Å²) in [7, 11) is -9.78. The molecule has 524 valence electrons. The number of unbranched alkanes of at least 4 members (excludes halogenated alkanes) is 25. The van der Waals surface area contributed by atoms with Crippen LogP contribution in [0.25, 0.3) is 0 Å². The van der Waals surface area contributed by atoms with E-state index in [1.807, 2.05) is 0 Å². The highest BCUT2D eigenvalue weighted by molar-refractivity contribution is 7.47. The molecule has 18 heteroatoms. The third kappa shape index (κ3) is 67.4. The van der Waals surface area contributed by atoms with Gasteiger partial charge in [-0.25, -0.2) is 9.13 Å². The second kappa shape index (κ2) is 66.2. The van der Waals surface area contributed by atoms with E-state index >= 15 is 0 Å². The van der Waals surface area contributed by atoms with Crippen molar-refractivity contribution in [3.63, 3.8) is 0 Å². The third-order valence-corrected chi connectivity index (χ3v) is 16.4. The van der Waals surface area contributed by atoms with E-state index < -0.39 is 91.5 Å². The second-order valence-corrected chi connectivity index (χ2v) is 26.2. The standard InChI is InChI=1S/C73H126O16P2/c1-4-7-10-13-16-19-22-24-26-27-28-29-30-31-32-33-34-35-36-37-38-39-41-43-45-47-50-53-56-59-71(76)83-62-68(74)63-85-90(79,80)86-64-69(75)65-87-91(81,82)88-67-70(89-73(78)61-58-55-52-49-44-21-18-15-12-9-6-3)66-84-72(77)60-57-54-51-48-46-42-40-25-23-20-17-14-11-8-5-2/h7-8,10-11,15-20,24-26,28-29,31-32,40,68-70,74-75H,4-6,9,12-14,21-23,27,30,33-39,41-67H2,1-3H3,(H,79,80)(H,81,82)/b10-7-,11-8-,18-15-,19-16-,20-17-,26-24-,29-28-,32-31-,40-25-. The summed E-state index contributed by atoms with van der Waals surface area (Å²) in [5, 5.41) is 20.5. The molecule has 0 saturated heterocycles. The van der Waals surface area contributed by atoms with E-state index in [0.717, 1.165) is 148 Å². The molecule has 4 N–H and O–H groups in total. The van der Waals surface area contributed by atoms with Gasteiger partial charge in [0.25, 0.3) is 0 Å². The summed E-state index contributed by atoms with van der Waals surface area (Å²) >= 11 is 0. The van der Waals surface area contributed by atoms with Crippen LogP contribution in [-0.4, -0.2) is 95.9 Å². The maximum atomic E-state index is 12.8. The van der Waals surface area contributed by atoms with Crippen LogP contribution in [0.4, 0.5) is 0 Å². The molecule has 5 unspecified atom stereocenters. The Labute approximate surface area is 551 Å². The van der Waals surface area contributed by atoms with Crippen LogP contribution < -0.4 is 0 Å². The Morgan fingerprint density at radius 2 is 0.582 bits per heavy atom. The quantitative estimate of drug-likeness (QED) is 0.0146. The van der Waals surface area contributed by atoms with Gasteiger partial charge in [-0.3, -0.25) is 32.5 Å². The van der Waals surface area contributed by atoms with Crippen LogP contribution in [0.3, 0.4) is 0 Å². The van der Waals surface area contributed by atoms with Crippen molar-refractivity contribution in [3.05, 3.63) is 109 Å². The first kappa shape index (κ1) is 87.2. The lowest BCUT2D eigenvalue weighted by molar-refractivity contribution is -0.161. The number of hydrogen-bond donors (Lipinski definition) is 4. The molecule has 0 amide bonds. The van der Waals surface area contributed by atoms with E-state index in [0.29, 0.717) is 19.3 Å². The van der Waals surface area contributed by atoms with Crippen molar-refractivity contribution >= 4 is 33.6 Å². The summed E-state index contributed by atoms with van der Waals surface area (Å²) in [5.74, 6) is -1.61. The second-order valence-electron chi connectivity index (χ2n) is 23.3. The summed E-state index contributed by atoms with van der Waals surface area (Å²) in [6.45, 7) is 2.37. The molecule has 5 atom stereocenters. The number of esters is 3. The number of carbonyl (C=O) groups is 3. The largest absolute Gasteiger partial charge is 0.472 e. The van der Waals surface area contributed by atoms with E-state index in [1.165, 1.54) is 70.6 Å². The zero-order chi connectivity index (χ0) is 66.7. The molecule has 0 aromatic rings. The van der Waals surface area contributed by atoms with E-state index in [2.05, 4.69) is 130 Å². The fourth-order valence-electron chi connectivity index (χ4n) is 9.12. The van der Waals surface area contributed by atoms with Crippen LogP contribution in [-0.2, 0) is 55.8 Å². The SMILES string of the molecule is CC/C=C\C/C=C\C/C=C\C/C=C\C/C=C\CCCCCCCCCCCCCCCC(=O)OCC(O)COP(=O)(O)OCC(O)COP(=O)(O)OCC(COC(=O)CCCCCCC/C=C\C/C=C\C/C=C\CC)OC(=O)CCCCCCC/C=C\CCCC. The molecule has 0 fully saturated rings. The Morgan fingerprint density at radius 3 is 0.934 bits per heavy atom. The lowest BCUT2D eigenvalue weighted by Crippen LogP contribution is -2.30. The molecule has 0 aliphatic carbocycles. The van der Waals surface area contributed by atoms with E-state index in [9.17, 15) is 43.5 Å². The molecular weight excluding hydrogens is 1190 g/mol. The van der Waals surface area contributed by atoms with Crippen LogP contribution in [0.1, 0.15) is 278 Å². The average Bonchev–Trinajstić information content (AvgIpc) is 3.72. The molecule has 91 heavy (non-hydrogen) atoms. The highest BCUT2D eigenvalue weighted by atomic mass is 31.2. The van der Waals surface area contributed by atoms with Crippen LogP contribution >= 0.6 is 15.6 Å². The van der Waals surface area contributed by atoms with Crippen molar-refractivity contribution in [1.29, 1.82) is 0 Å². The molecule has 0 rings (SSSR count). The van der Waals surface area contributed by atoms with Crippen molar-refractivity contribution in [3.8, 4) is 0 Å². The first-order valence-electron chi connectivity index (χ1n) is 35.2. The normalized spacial score (nSPS) is 14.8. The molecule has 0 aromatic carbocycles. The Bertz CT molecular complexity index is 2100. The fourth-order valence-corrected chi connectivity index (χ4v) is 10.7. The minimum Gasteiger partial charge on any atom is -0.463 e. The van der Waals surface area contributed by atoms with Crippen molar-refractivity contribution in [1.82, 2.24) is 0 Å². The smallest absolute Gasteiger partial charge is 0.463 e. The summed E-state index contributed by atoms with van der Waals surface area (Å²) in [4.78, 5) is 58.3. The number of phosphoric acid groups is 2. The Balaban J connectivity index is 4.41. The van der Waals surface area contributed by atoms with Gasteiger partial charge in [-0.15, -0.1) is 0 Å². The van der Waals surface area contributed by atoms with Crippen molar-refractivity contribution < 1.29 is 75.8 Å². The number of aliphatic hydroxyl groups excluding tert-OH is 2. The number of rotatable bonds is 66. The Kier molecular flexibility index (Phi) is 63.5. The third-order valence-electron chi connectivity index (χ3n) is 14.5. The summed E-state index contributed by atoms with van der Waals surface area (Å²) in [5.41, 5.74) is 0. The zero-order valence-electron chi connectivity index (χ0n) is 56.7. The highest BCUT2D eigenvalue weighted by Gasteiger charge is 2.29. The first-order chi connectivity index (χ1) is 44.2. The molecule has 0 bridgehead atoms. The van der Waals surface area contributed by atoms with Gasteiger partial charge < -0.3 is 34.2 Å². The van der Waals surface area contributed by atoms with Crippen LogP contribution in [0.2, 0.25) is 0 Å². The first-order valence-corrected chi connectivity index (χ1v) is 38.2. The van der Waals surface area contributed by atoms with Crippen LogP contribution in [0.15, 0.2) is 109 Å². The number of hydrogen-bond acceptors (Lipinski definition) is 14. The Hall–Kier alpha value is -3.79. The zero-order valence-corrected chi connectivity index (χ0v) is 58.5. The maximum Gasteiger partial charge on any atom is 0.472 e. The summed E-state index contributed by atoms with van der Waals surface area (Å²) in [6, 6.07) is 0. The van der Waals surface area contributed by atoms with Gasteiger partial charge in [0.15, 0.2) is 6.10 Å². The van der Waals surface area contributed by atoms with Gasteiger partial charge in [0, 0.05) is 19.3 Å². The fraction of sp³-hybridized carbons (Fsp3) is 0.712. The van der Waals surface area contributed by atoms with Crippen LogP contribution in [0, 0.1) is 0 Å². The average molecular weight is 1320 g/mol. The molecule has 0 saturated carbocycles. The van der Waals surface area contributed by atoms with Gasteiger partial charge in [-0.1, -0.05) is 252 Å². The minimum absolute atomic E-state index is 0.0895. The molecule has 0 aliphatic rings. The Morgan fingerprint density at radius 1 is 0.319 bits per heavy atom. The number of phosphoric ester groups is 2. The predicted molar refractivity (Wildman–Crippen MR) is 371 cm³/mol. The molecular formula is C73H126O16P2. The number of allylic oxidation sites excluding steroid dienone is 18. The van der Waals surface area contributed by atoms with E-state index in [-0.39, 0.29) is 19.3 Å². The maximum absolute atomic E-state index is 12.8. The molecule has 0 heterocycles. The van der Waals surface area contributed by atoms with Gasteiger partial charge in [-0.2, -0.15) is 0 Å². The molecule has 16 nitrogen and oxygen atoms in total. The molecule has 0 aromatic heterocycles. The summed E-state index contributed by atoms with van der Waals surface area (Å²) < 4.78 is 60.8. The van der Waals surface area contributed by atoms with Crippen molar-refractivity contribution in [2.24, 2.45) is 0 Å². The molecule has 0 aliphatic heterocycles. The highest BCUT2D eigenvalue weighted by Crippen LogP contribution is 2.45. The number of carbonyl (C=O) groups excluding carboxylic acids is 3. The van der Waals surface area contributed by atoms with Gasteiger partial charge >= 0.3 is 33.6 Å². The van der Waals surface area contributed by atoms with Crippen LogP contribution in [0.5, 0.6) is 0 Å². The van der Waals surface area contributed by atoms with Gasteiger partial charge in [0.1, 0.15) is 25.4 Å². The predicted octanol–water partition coefficient (Wildman–Crippen LogP) is 19.6. The van der Waals surface area contributed by atoms with Crippen molar-refractivity contribution in [2.45, 2.75) is 296 Å². The van der Waals surface area contributed by atoms with E-state index in [4.69, 9.17) is 32.3 Å².